The van der Waals surface area contributed by atoms with Gasteiger partial charge in [0.25, 0.3) is 0 Å². The molecule has 4 nitrogen and oxygen atoms in total. The van der Waals surface area contributed by atoms with E-state index in [1.54, 1.807) is 25.1 Å². The second kappa shape index (κ2) is 6.99. The van der Waals surface area contributed by atoms with E-state index in [1.165, 1.54) is 24.3 Å². The van der Waals surface area contributed by atoms with Gasteiger partial charge in [-0.3, -0.25) is 0 Å². The molecule has 1 N–H and O–H groups in total. The van der Waals surface area contributed by atoms with Crippen molar-refractivity contribution in [3.8, 4) is 0 Å². The minimum absolute atomic E-state index is 0.172. The average molecular weight is 376 g/mol. The molecule has 136 valence electrons. The van der Waals surface area contributed by atoms with Gasteiger partial charge in [-0.1, -0.05) is 18.2 Å². The van der Waals surface area contributed by atoms with Crippen LogP contribution in [0, 0.1) is 18.6 Å². The number of halogens is 2. The molecule has 0 spiro atoms. The first kappa shape index (κ1) is 18.3. The van der Waals surface area contributed by atoms with Crippen molar-refractivity contribution in [3.05, 3.63) is 70.9 Å². The van der Waals surface area contributed by atoms with Crippen molar-refractivity contribution in [2.24, 2.45) is 0 Å². The lowest BCUT2D eigenvalue weighted by molar-refractivity contribution is 0.600. The molecular weight excluding hydrogens is 358 g/mol. The average Bonchev–Trinajstić information content (AvgIpc) is 2.54. The van der Waals surface area contributed by atoms with E-state index in [4.69, 9.17) is 0 Å². The van der Waals surface area contributed by atoms with Crippen molar-refractivity contribution in [1.82, 2.24) is 4.98 Å². The molecule has 1 aromatic heterocycles. The smallest absolute Gasteiger partial charge is 0.151 e. The Morgan fingerprint density at radius 2 is 1.85 bits per heavy atom. The van der Waals surface area contributed by atoms with Gasteiger partial charge >= 0.3 is 0 Å². The summed E-state index contributed by atoms with van der Waals surface area (Å²) < 4.78 is 50.9. The molecule has 2 aromatic carbocycles. The van der Waals surface area contributed by atoms with Gasteiger partial charge in [-0.2, -0.15) is 0 Å². The van der Waals surface area contributed by atoms with Crippen LogP contribution >= 0.6 is 0 Å². The monoisotopic (exact) mass is 376 g/mol. The van der Waals surface area contributed by atoms with Gasteiger partial charge in [-0.25, -0.2) is 22.2 Å². The number of nitrogens with zero attached hydrogens (tertiary/aromatic N) is 1. The fourth-order valence-electron chi connectivity index (χ4n) is 2.86. The van der Waals surface area contributed by atoms with Crippen molar-refractivity contribution in [2.45, 2.75) is 19.2 Å². The molecule has 26 heavy (non-hydrogen) atoms. The molecular formula is C19H18F2N2O2S. The molecule has 0 saturated carbocycles. The Labute approximate surface area is 150 Å². The molecule has 3 rings (SSSR count). The number of pyridine rings is 1. The number of aryl methyl sites for hydroxylation is 1. The summed E-state index contributed by atoms with van der Waals surface area (Å²) in [6, 6.07) is 10.5. The molecule has 0 amide bonds. The van der Waals surface area contributed by atoms with Crippen LogP contribution in [0.3, 0.4) is 0 Å². The Hall–Kier alpha value is -2.54. The number of hydrogen-bond donors (Lipinski definition) is 1. The highest BCUT2D eigenvalue weighted by Crippen LogP contribution is 2.26. The Morgan fingerprint density at radius 1 is 1.08 bits per heavy atom. The van der Waals surface area contributed by atoms with Crippen LogP contribution in [-0.2, 0) is 22.1 Å². The molecule has 0 atom stereocenters. The zero-order valence-corrected chi connectivity index (χ0v) is 15.2. The second-order valence-corrected chi connectivity index (χ2v) is 8.42. The predicted molar refractivity (Wildman–Crippen MR) is 98.7 cm³/mol. The maximum atomic E-state index is 14.0. The standard InChI is InChI=1S/C19H18F2N2O2S/c1-12-8-18(16-4-3-5-17(21)19(16)23-12)22-10-14-9-15(20)7-6-13(14)11-26(2,24)25/h3-9H,10-11H2,1-2H3,(H,22,23). The molecule has 0 aliphatic carbocycles. The number of rotatable bonds is 5. The number of fused-ring (bicyclic) bond motifs is 1. The van der Waals surface area contributed by atoms with Gasteiger partial charge in [0.1, 0.15) is 17.2 Å². The lowest BCUT2D eigenvalue weighted by atomic mass is 10.1. The zero-order valence-electron chi connectivity index (χ0n) is 14.4. The van der Waals surface area contributed by atoms with Crippen molar-refractivity contribution in [3.63, 3.8) is 0 Å². The van der Waals surface area contributed by atoms with E-state index >= 15 is 0 Å². The van der Waals surface area contributed by atoms with E-state index in [0.717, 1.165) is 6.26 Å². The van der Waals surface area contributed by atoms with Crippen molar-refractivity contribution >= 4 is 26.4 Å². The van der Waals surface area contributed by atoms with Crippen LogP contribution < -0.4 is 5.32 Å². The largest absolute Gasteiger partial charge is 0.380 e. The third-order valence-corrected chi connectivity index (χ3v) is 4.81. The number of aromatic nitrogens is 1. The van der Waals surface area contributed by atoms with E-state index in [0.29, 0.717) is 27.9 Å². The third kappa shape index (κ3) is 4.16. The zero-order chi connectivity index (χ0) is 18.9. The van der Waals surface area contributed by atoms with Gasteiger partial charge in [0.2, 0.25) is 0 Å². The van der Waals surface area contributed by atoms with Crippen molar-refractivity contribution in [1.29, 1.82) is 0 Å². The van der Waals surface area contributed by atoms with Gasteiger partial charge in [0.05, 0.1) is 5.75 Å². The summed E-state index contributed by atoms with van der Waals surface area (Å²) in [5, 5.41) is 3.77. The molecule has 0 fully saturated rings. The molecule has 0 aliphatic heterocycles. The highest BCUT2D eigenvalue weighted by atomic mass is 32.2. The number of nitrogens with one attached hydrogen (secondary N) is 1. The number of para-hydroxylation sites is 1. The number of benzene rings is 2. The molecule has 0 saturated heterocycles. The predicted octanol–water partition coefficient (Wildman–Crippen LogP) is 3.98. The van der Waals surface area contributed by atoms with Gasteiger partial charge in [0, 0.05) is 29.6 Å². The lowest BCUT2D eigenvalue weighted by Gasteiger charge is -2.14. The first-order valence-electron chi connectivity index (χ1n) is 7.98. The van der Waals surface area contributed by atoms with Crippen LogP contribution in [0.5, 0.6) is 0 Å². The Balaban J connectivity index is 1.96. The van der Waals surface area contributed by atoms with E-state index < -0.39 is 21.5 Å². The summed E-state index contributed by atoms with van der Waals surface area (Å²) >= 11 is 0. The molecule has 7 heteroatoms. The van der Waals surface area contributed by atoms with Crippen LogP contribution in [0.25, 0.3) is 10.9 Å². The number of sulfone groups is 1. The van der Waals surface area contributed by atoms with Gasteiger partial charge in [-0.15, -0.1) is 0 Å². The van der Waals surface area contributed by atoms with E-state index in [1.807, 2.05) is 0 Å². The van der Waals surface area contributed by atoms with E-state index in [9.17, 15) is 17.2 Å². The molecule has 3 aromatic rings. The maximum absolute atomic E-state index is 14.0. The van der Waals surface area contributed by atoms with Crippen molar-refractivity contribution in [2.75, 3.05) is 11.6 Å². The van der Waals surface area contributed by atoms with Gasteiger partial charge in [0.15, 0.2) is 9.84 Å². The molecule has 0 aliphatic rings. The first-order chi connectivity index (χ1) is 12.2. The Morgan fingerprint density at radius 3 is 2.58 bits per heavy atom. The molecule has 1 heterocycles. The highest BCUT2D eigenvalue weighted by Gasteiger charge is 2.12. The van der Waals surface area contributed by atoms with Crippen LogP contribution in [-0.4, -0.2) is 19.7 Å². The van der Waals surface area contributed by atoms with Crippen LogP contribution in [0.15, 0.2) is 42.5 Å². The quantitative estimate of drug-likeness (QED) is 0.732. The Bertz CT molecular complexity index is 1080. The summed E-state index contributed by atoms with van der Waals surface area (Å²) in [6.45, 7) is 1.96. The maximum Gasteiger partial charge on any atom is 0.151 e. The summed E-state index contributed by atoms with van der Waals surface area (Å²) in [6.07, 6.45) is 1.13. The normalized spacial score (nSPS) is 11.7. The third-order valence-electron chi connectivity index (χ3n) is 3.97. The van der Waals surface area contributed by atoms with Crippen LogP contribution in [0.1, 0.15) is 16.8 Å². The minimum atomic E-state index is -3.25. The molecule has 0 unspecified atom stereocenters. The number of hydrogen-bond acceptors (Lipinski definition) is 4. The Kier molecular flexibility index (Phi) is 4.91. The lowest BCUT2D eigenvalue weighted by Crippen LogP contribution is -2.08. The van der Waals surface area contributed by atoms with E-state index in [2.05, 4.69) is 10.3 Å². The van der Waals surface area contributed by atoms with E-state index in [-0.39, 0.29) is 17.8 Å². The highest BCUT2D eigenvalue weighted by molar-refractivity contribution is 7.89. The summed E-state index contributed by atoms with van der Waals surface area (Å²) in [5.41, 5.74) is 2.62. The minimum Gasteiger partial charge on any atom is -0.380 e. The first-order valence-corrected chi connectivity index (χ1v) is 10.0. The van der Waals surface area contributed by atoms with Gasteiger partial charge < -0.3 is 5.32 Å². The molecule has 0 radical (unpaired) electrons. The summed E-state index contributed by atoms with van der Waals surface area (Å²) in [5.74, 6) is -1.03. The fourth-order valence-corrected chi connectivity index (χ4v) is 3.71. The topological polar surface area (TPSA) is 59.1 Å². The SMILES string of the molecule is Cc1cc(NCc2cc(F)ccc2CS(C)(=O)=O)c2cccc(F)c2n1. The second-order valence-electron chi connectivity index (χ2n) is 6.28. The number of anilines is 1. The van der Waals surface area contributed by atoms with Crippen LogP contribution in [0.4, 0.5) is 14.5 Å². The van der Waals surface area contributed by atoms with Crippen molar-refractivity contribution < 1.29 is 17.2 Å². The van der Waals surface area contributed by atoms with Crippen LogP contribution in [0.2, 0.25) is 0 Å². The van der Waals surface area contributed by atoms with Gasteiger partial charge in [-0.05, 0) is 42.3 Å². The molecule has 0 bridgehead atoms. The summed E-state index contributed by atoms with van der Waals surface area (Å²) in [4.78, 5) is 4.22. The fraction of sp³-hybridized carbons (Fsp3) is 0.211. The summed E-state index contributed by atoms with van der Waals surface area (Å²) in [7, 11) is -3.25.